The van der Waals surface area contributed by atoms with Gasteiger partial charge in [-0.15, -0.1) is 0 Å². The zero-order valence-electron chi connectivity index (χ0n) is 48.1. The Kier molecular flexibility index (Phi) is 23.8. The van der Waals surface area contributed by atoms with Crippen molar-refractivity contribution >= 4 is 45.9 Å². The minimum atomic E-state index is -6.09. The summed E-state index contributed by atoms with van der Waals surface area (Å²) in [6.07, 6.45) is 7.90. The lowest BCUT2D eigenvalue weighted by Gasteiger charge is -2.19. The summed E-state index contributed by atoms with van der Waals surface area (Å²) in [7, 11) is -15.4. The monoisotopic (exact) mass is 1160 g/mol. The second kappa shape index (κ2) is 27.6. The molecule has 2 heterocycles. The van der Waals surface area contributed by atoms with Crippen LogP contribution in [0.3, 0.4) is 0 Å². The maximum Gasteiger partial charge on any atom is 0.586 e. The van der Waals surface area contributed by atoms with Crippen LogP contribution < -0.4 is 20.6 Å². The fourth-order valence-corrected chi connectivity index (χ4v) is 9.22. The molecular formula is C56H76B2F6N4O10S2. The van der Waals surface area contributed by atoms with E-state index in [1.54, 1.807) is 0 Å². The van der Waals surface area contributed by atoms with Gasteiger partial charge >= 0.3 is 25.3 Å². The smallest absolute Gasteiger partial charge is 0.586 e. The Bertz CT molecular complexity index is 2780. The van der Waals surface area contributed by atoms with Crippen LogP contribution in [0.4, 0.5) is 26.3 Å². The van der Waals surface area contributed by atoms with Crippen molar-refractivity contribution in [3.05, 3.63) is 142 Å². The highest BCUT2D eigenvalue weighted by molar-refractivity contribution is 7.86. The third kappa shape index (κ3) is 16.4. The number of halogens is 6. The van der Waals surface area contributed by atoms with Crippen LogP contribution in [-0.2, 0) is 20.2 Å². The molecule has 6 aromatic rings. The number of hydrogen-bond acceptors (Lipinski definition) is 10. The Morgan fingerprint density at radius 1 is 0.400 bits per heavy atom. The first-order chi connectivity index (χ1) is 36.6. The molecule has 4 aromatic carbocycles. The first kappa shape index (κ1) is 68.9. The number of alkyl halides is 6. The van der Waals surface area contributed by atoms with Crippen LogP contribution in [0, 0.1) is 0 Å². The number of nitrogens with zero attached hydrogens (tertiary/aromatic N) is 4. The van der Waals surface area contributed by atoms with Gasteiger partial charge in [0, 0.05) is 44.5 Å². The zero-order valence-corrected chi connectivity index (χ0v) is 49.8. The standard InChI is InChI=1S/2C27H38BN2O2.2CHF3O3S/c2*1-17(2)21-11-9-12-22(18(3)4)25(21)29-15-16-30(27(29)28(31)32)26-23(19(5)6)13-10-14-24(26)20(7)8;2*2-1(3,4)8(5,6)7/h2*9-20,31-32H,1-8H3;2*(H,5,6,7)/q2*+1;;/p-2. The van der Waals surface area contributed by atoms with Crippen molar-refractivity contribution in [2.45, 2.75) is 169 Å². The van der Waals surface area contributed by atoms with Crippen molar-refractivity contribution in [3.63, 3.8) is 0 Å². The first-order valence-corrected chi connectivity index (χ1v) is 29.0. The highest BCUT2D eigenvalue weighted by atomic mass is 32.2. The van der Waals surface area contributed by atoms with E-state index in [2.05, 4.69) is 184 Å². The lowest BCUT2D eigenvalue weighted by Crippen LogP contribution is -2.57. The number of aromatic nitrogens is 4. The summed E-state index contributed by atoms with van der Waals surface area (Å²) in [5, 5.41) is 42.5. The Labute approximate surface area is 468 Å². The molecule has 0 atom stereocenters. The van der Waals surface area contributed by atoms with Gasteiger partial charge in [-0.2, -0.15) is 26.3 Å². The molecule has 24 heteroatoms. The fraction of sp³-hybridized carbons (Fsp3) is 0.464. The Balaban J connectivity index is 0.000000330. The molecule has 0 aliphatic rings. The lowest BCUT2D eigenvalue weighted by atomic mass is 9.86. The predicted octanol–water partition coefficient (Wildman–Crippen LogP) is 9.96. The summed E-state index contributed by atoms with van der Waals surface area (Å²) in [6.45, 7) is 34.9. The van der Waals surface area contributed by atoms with E-state index in [4.69, 9.17) is 25.9 Å². The van der Waals surface area contributed by atoms with Gasteiger partial charge in [0.1, 0.15) is 47.5 Å². The van der Waals surface area contributed by atoms with E-state index in [1.807, 2.05) is 43.1 Å². The third-order valence-electron chi connectivity index (χ3n) is 13.1. The molecule has 6 rings (SSSR count). The molecular weight excluding hydrogens is 1090 g/mol. The van der Waals surface area contributed by atoms with E-state index in [1.165, 1.54) is 44.5 Å². The largest absolute Gasteiger partial charge is 0.741 e. The predicted molar refractivity (Wildman–Crippen MR) is 298 cm³/mol. The third-order valence-corrected chi connectivity index (χ3v) is 14.2. The molecule has 4 N–H and O–H groups in total. The minimum absolute atomic E-state index is 0.303. The summed E-state index contributed by atoms with van der Waals surface area (Å²) < 4.78 is 126. The van der Waals surface area contributed by atoms with E-state index in [-0.39, 0.29) is 0 Å². The van der Waals surface area contributed by atoms with Gasteiger partial charge in [-0.05, 0) is 47.3 Å². The topological polar surface area (TPSA) is 213 Å². The molecule has 0 amide bonds. The second-order valence-electron chi connectivity index (χ2n) is 21.7. The normalized spacial score (nSPS) is 12.3. The molecule has 14 nitrogen and oxygen atoms in total. The zero-order chi connectivity index (χ0) is 61.5. The molecule has 80 heavy (non-hydrogen) atoms. The van der Waals surface area contributed by atoms with Crippen molar-refractivity contribution in [2.75, 3.05) is 0 Å². The van der Waals surface area contributed by atoms with E-state index in [0.717, 1.165) is 22.7 Å². The van der Waals surface area contributed by atoms with Crippen molar-refractivity contribution in [2.24, 2.45) is 0 Å². The molecule has 0 aliphatic heterocycles. The van der Waals surface area contributed by atoms with Crippen LogP contribution in [0.2, 0.25) is 0 Å². The molecule has 440 valence electrons. The van der Waals surface area contributed by atoms with Gasteiger partial charge in [-0.3, -0.25) is 0 Å². The van der Waals surface area contributed by atoms with Gasteiger partial charge in [0.2, 0.25) is 0 Å². The number of para-hydroxylation sites is 4. The SMILES string of the molecule is CC(C)c1cccc(C(C)C)c1-n1cc[n+](-c2c(C(C)C)cccc2C(C)C)c1B(O)O.CC(C)c1cccc(C(C)C)c1-n1cc[n+](-c2c(C(C)C)cccc2C(C)C)c1B(O)O.O=S(=O)([O-])C(F)(F)F.O=S(=O)([O-])C(F)(F)F. The van der Waals surface area contributed by atoms with Gasteiger partial charge in [-0.25, -0.2) is 35.1 Å². The Morgan fingerprint density at radius 3 is 0.725 bits per heavy atom. The van der Waals surface area contributed by atoms with Gasteiger partial charge in [0.05, 0.1) is 0 Å². The van der Waals surface area contributed by atoms with Gasteiger partial charge in [0.25, 0.3) is 11.4 Å². The lowest BCUT2D eigenvalue weighted by molar-refractivity contribution is -0.578. The quantitative estimate of drug-likeness (QED) is 0.0266. The van der Waals surface area contributed by atoms with Crippen LogP contribution in [0.25, 0.3) is 22.7 Å². The molecule has 0 radical (unpaired) electrons. The highest BCUT2D eigenvalue weighted by Crippen LogP contribution is 2.34. The number of benzene rings is 4. The van der Waals surface area contributed by atoms with Gasteiger partial charge in [-0.1, -0.05) is 184 Å². The minimum Gasteiger partial charge on any atom is -0.741 e. The summed E-state index contributed by atoms with van der Waals surface area (Å²) in [5.41, 5.74) is 3.38. The summed E-state index contributed by atoms with van der Waals surface area (Å²) >= 11 is 0. The summed E-state index contributed by atoms with van der Waals surface area (Å²) in [5.74, 6) is 2.43. The Hall–Kier alpha value is -5.33. The average molecular weight is 1160 g/mol. The number of rotatable bonds is 14. The van der Waals surface area contributed by atoms with Gasteiger partial charge in [0.15, 0.2) is 20.2 Å². The van der Waals surface area contributed by atoms with E-state index in [0.29, 0.717) is 58.8 Å². The molecule has 2 aromatic heterocycles. The summed E-state index contributed by atoms with van der Waals surface area (Å²) in [6, 6.07) is 25.6. The highest BCUT2D eigenvalue weighted by Gasteiger charge is 2.40. The molecule has 0 unspecified atom stereocenters. The summed E-state index contributed by atoms with van der Waals surface area (Å²) in [4.78, 5) is 0. The molecule has 0 fully saturated rings. The molecule has 0 bridgehead atoms. The van der Waals surface area contributed by atoms with Crippen molar-refractivity contribution in [1.29, 1.82) is 0 Å². The van der Waals surface area contributed by atoms with E-state index >= 15 is 0 Å². The maximum absolute atomic E-state index is 10.7. The molecule has 0 spiro atoms. The maximum atomic E-state index is 10.7. The second-order valence-corrected chi connectivity index (χ2v) is 24.5. The van der Waals surface area contributed by atoms with Crippen LogP contribution >= 0.6 is 0 Å². The molecule has 0 saturated heterocycles. The van der Waals surface area contributed by atoms with Crippen molar-refractivity contribution in [3.8, 4) is 22.7 Å². The van der Waals surface area contributed by atoms with Crippen LogP contribution in [0.5, 0.6) is 0 Å². The van der Waals surface area contributed by atoms with E-state index in [9.17, 15) is 46.4 Å². The van der Waals surface area contributed by atoms with E-state index < -0.39 is 45.5 Å². The number of hydrogen-bond donors (Lipinski definition) is 4. The van der Waals surface area contributed by atoms with Crippen LogP contribution in [0.1, 0.15) is 203 Å². The first-order valence-electron chi connectivity index (χ1n) is 26.2. The molecule has 0 aliphatic carbocycles. The van der Waals surface area contributed by atoms with Crippen molar-refractivity contribution in [1.82, 2.24) is 9.13 Å². The molecule has 0 saturated carbocycles. The van der Waals surface area contributed by atoms with Crippen LogP contribution in [0.15, 0.2) is 97.6 Å². The number of imidazole rings is 2. The van der Waals surface area contributed by atoms with Gasteiger partial charge < -0.3 is 29.2 Å². The average Bonchev–Trinajstić information content (AvgIpc) is 3.98. The van der Waals surface area contributed by atoms with Crippen LogP contribution in [-0.4, -0.2) is 80.4 Å². The van der Waals surface area contributed by atoms with Crippen molar-refractivity contribution < 1.29 is 81.5 Å². The Morgan fingerprint density at radius 2 is 0.575 bits per heavy atom. The fourth-order valence-electron chi connectivity index (χ4n) is 9.22.